The van der Waals surface area contributed by atoms with E-state index in [0.29, 0.717) is 33.0 Å². The third kappa shape index (κ3) is 5.43. The van der Waals surface area contributed by atoms with Crippen molar-refractivity contribution in [2.75, 3.05) is 0 Å². The lowest BCUT2D eigenvalue weighted by Gasteiger charge is -2.12. The summed E-state index contributed by atoms with van der Waals surface area (Å²) in [5, 5.41) is 1.22. The first-order valence-corrected chi connectivity index (χ1v) is 11.6. The van der Waals surface area contributed by atoms with Crippen LogP contribution in [0.1, 0.15) is 0 Å². The lowest BCUT2D eigenvalue weighted by Crippen LogP contribution is -1.89. The molecule has 0 bridgehead atoms. The first-order valence-electron chi connectivity index (χ1n) is 10.8. The van der Waals surface area contributed by atoms with Crippen molar-refractivity contribution in [3.05, 3.63) is 131 Å². The van der Waals surface area contributed by atoms with Crippen LogP contribution in [0.2, 0.25) is 10.0 Å². The van der Waals surface area contributed by atoms with E-state index in [1.807, 2.05) is 109 Å². The number of hydrogen-bond donors (Lipinski definition) is 0. The van der Waals surface area contributed by atoms with Gasteiger partial charge in [-0.2, -0.15) is 0 Å². The van der Waals surface area contributed by atoms with Crippen LogP contribution < -0.4 is 9.47 Å². The fourth-order valence-corrected chi connectivity index (χ4v) is 4.16. The van der Waals surface area contributed by atoms with Crippen LogP contribution in [-0.4, -0.2) is 0 Å². The average Bonchev–Trinajstić information content (AvgIpc) is 2.85. The zero-order valence-electron chi connectivity index (χ0n) is 18.1. The highest BCUT2D eigenvalue weighted by Crippen LogP contribution is 2.35. The third-order valence-corrected chi connectivity index (χ3v) is 5.67. The summed E-state index contributed by atoms with van der Waals surface area (Å²) in [5.41, 5.74) is 4.12. The summed E-state index contributed by atoms with van der Waals surface area (Å²) in [4.78, 5) is 0. The molecular weight excluding hydrogens is 463 g/mol. The molecular formula is C30H20Cl2O2. The summed E-state index contributed by atoms with van der Waals surface area (Å²) in [5.74, 6) is 2.59. The van der Waals surface area contributed by atoms with E-state index in [-0.39, 0.29) is 0 Å². The molecule has 5 rings (SSSR count). The maximum absolute atomic E-state index is 6.37. The summed E-state index contributed by atoms with van der Waals surface area (Å²) < 4.78 is 12.3. The molecule has 0 heterocycles. The minimum atomic E-state index is 0.608. The summed E-state index contributed by atoms with van der Waals surface area (Å²) in [7, 11) is 0. The molecule has 0 saturated carbocycles. The van der Waals surface area contributed by atoms with Crippen molar-refractivity contribution in [2.24, 2.45) is 0 Å². The van der Waals surface area contributed by atoms with E-state index in [9.17, 15) is 0 Å². The van der Waals surface area contributed by atoms with Crippen LogP contribution in [0.15, 0.2) is 121 Å². The maximum Gasteiger partial charge on any atom is 0.131 e. The molecule has 0 aromatic heterocycles. The molecule has 4 heteroatoms. The largest absolute Gasteiger partial charge is 0.457 e. The first-order chi connectivity index (χ1) is 16.6. The molecule has 5 aromatic carbocycles. The Morgan fingerprint density at radius 1 is 0.353 bits per heavy atom. The van der Waals surface area contributed by atoms with Crippen molar-refractivity contribution in [2.45, 2.75) is 0 Å². The Labute approximate surface area is 208 Å². The van der Waals surface area contributed by atoms with Gasteiger partial charge in [-0.05, 0) is 70.8 Å². The van der Waals surface area contributed by atoms with Gasteiger partial charge in [-0.15, -0.1) is 0 Å². The summed E-state index contributed by atoms with van der Waals surface area (Å²) in [6.45, 7) is 0. The minimum absolute atomic E-state index is 0.608. The second kappa shape index (κ2) is 10.0. The standard InChI is InChI=1S/C30H20Cl2O2/c31-25-14-23(21-8-3-1-4-9-21)16-29(18-25)33-27-12-7-13-28(20-27)34-30-17-24(15-26(32)19-30)22-10-5-2-6-11-22/h1-20H. The van der Waals surface area contributed by atoms with Crippen LogP contribution in [0.3, 0.4) is 0 Å². The second-order valence-electron chi connectivity index (χ2n) is 7.76. The van der Waals surface area contributed by atoms with Crippen molar-refractivity contribution >= 4 is 23.2 Å². The number of rotatable bonds is 6. The Hall–Kier alpha value is -3.72. The number of ether oxygens (including phenoxy) is 2. The van der Waals surface area contributed by atoms with Gasteiger partial charge in [0, 0.05) is 16.1 Å². The monoisotopic (exact) mass is 482 g/mol. The molecule has 0 spiro atoms. The Morgan fingerprint density at radius 2 is 0.794 bits per heavy atom. The van der Waals surface area contributed by atoms with Gasteiger partial charge in [-0.25, -0.2) is 0 Å². The van der Waals surface area contributed by atoms with Crippen LogP contribution in [0.25, 0.3) is 22.3 Å². The molecule has 5 aromatic rings. The molecule has 0 aliphatic heterocycles. The molecule has 34 heavy (non-hydrogen) atoms. The topological polar surface area (TPSA) is 18.5 Å². The SMILES string of the molecule is Clc1cc(Oc2cccc(Oc3cc(Cl)cc(-c4ccccc4)c3)c2)cc(-c2ccccc2)c1. The molecule has 0 N–H and O–H groups in total. The van der Waals surface area contributed by atoms with Gasteiger partial charge < -0.3 is 9.47 Å². The molecule has 166 valence electrons. The van der Waals surface area contributed by atoms with Crippen molar-refractivity contribution in [3.8, 4) is 45.3 Å². The molecule has 0 aliphatic carbocycles. The van der Waals surface area contributed by atoms with Crippen molar-refractivity contribution in [1.29, 1.82) is 0 Å². The van der Waals surface area contributed by atoms with Gasteiger partial charge in [0.2, 0.25) is 0 Å². The first kappa shape index (κ1) is 22.1. The van der Waals surface area contributed by atoms with Crippen LogP contribution in [0.4, 0.5) is 0 Å². The van der Waals surface area contributed by atoms with Crippen molar-refractivity contribution in [3.63, 3.8) is 0 Å². The average molecular weight is 483 g/mol. The van der Waals surface area contributed by atoms with Crippen molar-refractivity contribution < 1.29 is 9.47 Å². The molecule has 0 amide bonds. The third-order valence-electron chi connectivity index (χ3n) is 5.23. The lowest BCUT2D eigenvalue weighted by atomic mass is 10.1. The highest BCUT2D eigenvalue weighted by molar-refractivity contribution is 6.31. The zero-order chi connectivity index (χ0) is 23.3. The van der Waals surface area contributed by atoms with Crippen LogP contribution in [0, 0.1) is 0 Å². The van der Waals surface area contributed by atoms with Crippen LogP contribution >= 0.6 is 23.2 Å². The summed E-state index contributed by atoms with van der Waals surface area (Å²) >= 11 is 12.7. The Balaban J connectivity index is 1.38. The fraction of sp³-hybridized carbons (Fsp3) is 0. The van der Waals surface area contributed by atoms with Gasteiger partial charge in [-0.3, -0.25) is 0 Å². The number of benzene rings is 5. The Morgan fingerprint density at radius 3 is 1.24 bits per heavy atom. The van der Waals surface area contributed by atoms with E-state index in [0.717, 1.165) is 22.3 Å². The van der Waals surface area contributed by atoms with Gasteiger partial charge in [0.15, 0.2) is 0 Å². The summed E-state index contributed by atoms with van der Waals surface area (Å²) in [6.07, 6.45) is 0. The van der Waals surface area contributed by atoms with E-state index < -0.39 is 0 Å². The number of hydrogen-bond acceptors (Lipinski definition) is 2. The van der Waals surface area contributed by atoms with Gasteiger partial charge in [0.25, 0.3) is 0 Å². The molecule has 2 nitrogen and oxygen atoms in total. The highest BCUT2D eigenvalue weighted by atomic mass is 35.5. The Bertz CT molecular complexity index is 1310. The smallest absolute Gasteiger partial charge is 0.131 e. The fourth-order valence-electron chi connectivity index (χ4n) is 3.71. The lowest BCUT2D eigenvalue weighted by molar-refractivity contribution is 0.460. The molecule has 0 aliphatic rings. The van der Waals surface area contributed by atoms with E-state index >= 15 is 0 Å². The highest BCUT2D eigenvalue weighted by Gasteiger charge is 2.08. The second-order valence-corrected chi connectivity index (χ2v) is 8.64. The van der Waals surface area contributed by atoms with E-state index in [4.69, 9.17) is 32.7 Å². The minimum Gasteiger partial charge on any atom is -0.457 e. The summed E-state index contributed by atoms with van der Waals surface area (Å²) in [6, 6.07) is 39.0. The van der Waals surface area contributed by atoms with E-state index in [1.165, 1.54) is 0 Å². The van der Waals surface area contributed by atoms with Gasteiger partial charge in [0.05, 0.1) is 0 Å². The van der Waals surface area contributed by atoms with Gasteiger partial charge >= 0.3 is 0 Å². The predicted octanol–water partition coefficient (Wildman–Crippen LogP) is 9.91. The molecule has 0 fully saturated rings. The predicted molar refractivity (Wildman–Crippen MR) is 140 cm³/mol. The molecule has 0 radical (unpaired) electrons. The maximum atomic E-state index is 6.37. The van der Waals surface area contributed by atoms with Crippen LogP contribution in [-0.2, 0) is 0 Å². The Kier molecular flexibility index (Phi) is 6.53. The molecule has 0 saturated heterocycles. The quantitative estimate of drug-likeness (QED) is 0.239. The van der Waals surface area contributed by atoms with Gasteiger partial charge in [0.1, 0.15) is 23.0 Å². The molecule has 0 atom stereocenters. The van der Waals surface area contributed by atoms with E-state index in [2.05, 4.69) is 0 Å². The zero-order valence-corrected chi connectivity index (χ0v) is 19.6. The van der Waals surface area contributed by atoms with E-state index in [1.54, 1.807) is 12.1 Å². The van der Waals surface area contributed by atoms with Gasteiger partial charge in [-0.1, -0.05) is 89.9 Å². The number of halogens is 2. The normalized spacial score (nSPS) is 10.6. The van der Waals surface area contributed by atoms with Crippen LogP contribution in [0.5, 0.6) is 23.0 Å². The van der Waals surface area contributed by atoms with Crippen molar-refractivity contribution in [1.82, 2.24) is 0 Å². The molecule has 0 unspecified atom stereocenters.